The molecule has 1 amide bonds. The van der Waals surface area contributed by atoms with Gasteiger partial charge in [0, 0.05) is 30.7 Å². The number of amides is 1. The molecule has 0 aliphatic carbocycles. The molecule has 7 heteroatoms. The Hall–Kier alpha value is -3.45. The largest absolute Gasteiger partial charge is 0.353 e. The van der Waals surface area contributed by atoms with Crippen LogP contribution in [-0.4, -0.2) is 25.9 Å². The Morgan fingerprint density at radius 3 is 2.41 bits per heavy atom. The molecule has 3 aromatic rings. The second-order valence-corrected chi connectivity index (χ2v) is 9.02. The number of hydrogen-bond acceptors (Lipinski definition) is 4. The van der Waals surface area contributed by atoms with E-state index in [-0.39, 0.29) is 10.8 Å². The van der Waals surface area contributed by atoms with Crippen molar-refractivity contribution < 1.29 is 13.2 Å². The Labute approximate surface area is 189 Å². The molecule has 0 fully saturated rings. The lowest BCUT2D eigenvalue weighted by Crippen LogP contribution is -2.21. The Morgan fingerprint density at radius 1 is 0.906 bits per heavy atom. The predicted octanol–water partition coefficient (Wildman–Crippen LogP) is 4.42. The van der Waals surface area contributed by atoms with Crippen molar-refractivity contribution in [3.63, 3.8) is 0 Å². The summed E-state index contributed by atoms with van der Waals surface area (Å²) >= 11 is 0. The molecular weight excluding hydrogens is 422 g/mol. The third-order valence-corrected chi connectivity index (χ3v) is 6.21. The molecule has 2 aromatic carbocycles. The van der Waals surface area contributed by atoms with Gasteiger partial charge in [0.2, 0.25) is 5.91 Å². The summed E-state index contributed by atoms with van der Waals surface area (Å²) in [4.78, 5) is 16.1. The summed E-state index contributed by atoms with van der Waals surface area (Å²) in [5.74, 6) is -0.116. The quantitative estimate of drug-likeness (QED) is 0.335. The van der Waals surface area contributed by atoms with Crippen LogP contribution in [0.25, 0.3) is 6.08 Å². The highest BCUT2D eigenvalue weighted by Crippen LogP contribution is 2.17. The summed E-state index contributed by atoms with van der Waals surface area (Å²) in [7, 11) is -3.59. The van der Waals surface area contributed by atoms with Crippen molar-refractivity contribution in [2.75, 3.05) is 11.3 Å². The molecule has 0 bridgehead atoms. The van der Waals surface area contributed by atoms with Gasteiger partial charge in [-0.05, 0) is 66.8 Å². The fourth-order valence-corrected chi connectivity index (χ4v) is 4.16. The minimum Gasteiger partial charge on any atom is -0.353 e. The molecule has 32 heavy (non-hydrogen) atoms. The van der Waals surface area contributed by atoms with Crippen LogP contribution in [0.3, 0.4) is 0 Å². The SMILES string of the molecule is O=C(/C=C/c1cccnc1)NCCCCCc1ccc(S(=O)(=O)Nc2ccccc2)cc1. The molecule has 3 rings (SSSR count). The fourth-order valence-electron chi connectivity index (χ4n) is 3.10. The van der Waals surface area contributed by atoms with E-state index in [4.69, 9.17) is 0 Å². The number of benzene rings is 2. The molecule has 1 aromatic heterocycles. The number of para-hydroxylation sites is 1. The maximum absolute atomic E-state index is 12.5. The fraction of sp³-hybridized carbons (Fsp3) is 0.200. The molecule has 0 unspecified atom stereocenters. The Balaban J connectivity index is 1.35. The predicted molar refractivity (Wildman–Crippen MR) is 128 cm³/mol. The molecule has 0 atom stereocenters. The van der Waals surface area contributed by atoms with Crippen molar-refractivity contribution >= 4 is 27.7 Å². The van der Waals surface area contributed by atoms with Crippen molar-refractivity contribution in [1.82, 2.24) is 10.3 Å². The van der Waals surface area contributed by atoms with Crippen molar-refractivity contribution in [1.29, 1.82) is 0 Å². The van der Waals surface area contributed by atoms with Gasteiger partial charge in [-0.15, -0.1) is 0 Å². The average molecular weight is 450 g/mol. The number of hydrogen-bond donors (Lipinski definition) is 2. The van der Waals surface area contributed by atoms with E-state index in [2.05, 4.69) is 15.0 Å². The summed E-state index contributed by atoms with van der Waals surface area (Å²) in [5, 5.41) is 2.88. The normalized spacial score (nSPS) is 11.4. The van der Waals surface area contributed by atoms with Gasteiger partial charge >= 0.3 is 0 Å². The molecule has 0 aliphatic heterocycles. The number of pyridine rings is 1. The van der Waals surface area contributed by atoms with Crippen LogP contribution < -0.4 is 10.0 Å². The summed E-state index contributed by atoms with van der Waals surface area (Å²) in [5.41, 5.74) is 2.51. The van der Waals surface area contributed by atoms with E-state index in [1.54, 1.807) is 54.9 Å². The maximum atomic E-state index is 12.5. The first-order valence-electron chi connectivity index (χ1n) is 10.6. The van der Waals surface area contributed by atoms with Gasteiger partial charge in [0.1, 0.15) is 0 Å². The lowest BCUT2D eigenvalue weighted by atomic mass is 10.1. The molecule has 0 spiro atoms. The Morgan fingerprint density at radius 2 is 1.69 bits per heavy atom. The number of carbonyl (C=O) groups excluding carboxylic acids is 1. The molecule has 6 nitrogen and oxygen atoms in total. The topological polar surface area (TPSA) is 88.2 Å². The third-order valence-electron chi connectivity index (χ3n) is 4.81. The lowest BCUT2D eigenvalue weighted by Gasteiger charge is -2.09. The Bertz CT molecular complexity index is 1110. The van der Waals surface area contributed by atoms with E-state index in [0.29, 0.717) is 12.2 Å². The van der Waals surface area contributed by atoms with Gasteiger partial charge in [-0.25, -0.2) is 8.42 Å². The van der Waals surface area contributed by atoms with E-state index < -0.39 is 10.0 Å². The number of anilines is 1. The maximum Gasteiger partial charge on any atom is 0.261 e. The van der Waals surface area contributed by atoms with Gasteiger partial charge in [-0.1, -0.05) is 42.8 Å². The van der Waals surface area contributed by atoms with Crippen molar-refractivity contribution in [2.45, 2.75) is 30.6 Å². The van der Waals surface area contributed by atoms with Crippen molar-refractivity contribution in [3.8, 4) is 0 Å². The van der Waals surface area contributed by atoms with E-state index in [1.165, 1.54) is 6.08 Å². The molecule has 2 N–H and O–H groups in total. The average Bonchev–Trinajstić information content (AvgIpc) is 2.81. The zero-order valence-corrected chi connectivity index (χ0v) is 18.6. The lowest BCUT2D eigenvalue weighted by molar-refractivity contribution is -0.116. The van der Waals surface area contributed by atoms with E-state index in [1.807, 2.05) is 30.3 Å². The minimum atomic E-state index is -3.59. The van der Waals surface area contributed by atoms with Crippen LogP contribution in [0.2, 0.25) is 0 Å². The van der Waals surface area contributed by atoms with Gasteiger partial charge < -0.3 is 5.32 Å². The highest BCUT2D eigenvalue weighted by molar-refractivity contribution is 7.92. The number of unbranched alkanes of at least 4 members (excludes halogenated alkanes) is 2. The smallest absolute Gasteiger partial charge is 0.261 e. The first-order valence-corrected chi connectivity index (χ1v) is 12.0. The zero-order valence-electron chi connectivity index (χ0n) is 17.8. The van der Waals surface area contributed by atoms with Gasteiger partial charge in [0.25, 0.3) is 10.0 Å². The second-order valence-electron chi connectivity index (χ2n) is 7.34. The van der Waals surface area contributed by atoms with Crippen molar-refractivity contribution in [3.05, 3.63) is 96.3 Å². The molecule has 166 valence electrons. The summed E-state index contributed by atoms with van der Waals surface area (Å²) in [6, 6.07) is 19.5. The molecule has 0 radical (unpaired) electrons. The zero-order chi connectivity index (χ0) is 22.7. The molecule has 1 heterocycles. The minimum absolute atomic E-state index is 0.116. The van der Waals surface area contributed by atoms with Crippen LogP contribution in [0.5, 0.6) is 0 Å². The molecule has 0 saturated carbocycles. The van der Waals surface area contributed by atoms with Gasteiger partial charge in [-0.3, -0.25) is 14.5 Å². The third kappa shape index (κ3) is 7.67. The van der Waals surface area contributed by atoms with Crippen molar-refractivity contribution in [2.24, 2.45) is 0 Å². The van der Waals surface area contributed by atoms with Gasteiger partial charge in [0.15, 0.2) is 0 Å². The number of aromatic nitrogens is 1. The number of rotatable bonds is 11. The van der Waals surface area contributed by atoms with Crippen LogP contribution in [0, 0.1) is 0 Å². The van der Waals surface area contributed by atoms with Crippen LogP contribution in [0.4, 0.5) is 5.69 Å². The van der Waals surface area contributed by atoms with E-state index in [9.17, 15) is 13.2 Å². The summed E-state index contributed by atoms with van der Waals surface area (Å²) in [6.07, 6.45) is 10.3. The Kier molecular flexibility index (Phi) is 8.57. The number of nitrogens with one attached hydrogen (secondary N) is 2. The number of nitrogens with zero attached hydrogens (tertiary/aromatic N) is 1. The number of carbonyl (C=O) groups is 1. The van der Waals surface area contributed by atoms with Crippen LogP contribution >= 0.6 is 0 Å². The molecular formula is C25H27N3O3S. The van der Waals surface area contributed by atoms with E-state index >= 15 is 0 Å². The van der Waals surface area contributed by atoms with Gasteiger partial charge in [0.05, 0.1) is 4.90 Å². The number of aryl methyl sites for hydroxylation is 1. The molecule has 0 aliphatic rings. The highest BCUT2D eigenvalue weighted by Gasteiger charge is 2.13. The summed E-state index contributed by atoms with van der Waals surface area (Å²) < 4.78 is 27.5. The van der Waals surface area contributed by atoms with Gasteiger partial charge in [-0.2, -0.15) is 0 Å². The standard InChI is InChI=1S/C25H27N3O3S/c29-25(17-14-22-9-7-18-26-20-22)27-19-6-2-3-8-21-12-15-24(16-13-21)32(30,31)28-23-10-4-1-5-11-23/h1,4-5,7,9-18,20,28H,2-3,6,8,19H2,(H,27,29)/b17-14+. The second kappa shape index (κ2) is 11.8. The monoisotopic (exact) mass is 449 g/mol. The van der Waals surface area contributed by atoms with Crippen LogP contribution in [0.1, 0.15) is 30.4 Å². The summed E-state index contributed by atoms with van der Waals surface area (Å²) in [6.45, 7) is 0.624. The first kappa shape index (κ1) is 23.2. The van der Waals surface area contributed by atoms with Crippen LogP contribution in [-0.2, 0) is 21.2 Å². The van der Waals surface area contributed by atoms with E-state index in [0.717, 1.165) is 36.8 Å². The van der Waals surface area contributed by atoms with Crippen LogP contribution in [0.15, 0.2) is 90.1 Å². The number of sulfonamides is 1. The highest BCUT2D eigenvalue weighted by atomic mass is 32.2. The first-order chi connectivity index (χ1) is 15.5. The molecule has 0 saturated heterocycles.